The zero-order chi connectivity index (χ0) is 18.5. The van der Waals surface area contributed by atoms with Crippen LogP contribution < -0.4 is 5.32 Å². The summed E-state index contributed by atoms with van der Waals surface area (Å²) in [4.78, 5) is 22.9. The van der Waals surface area contributed by atoms with E-state index in [9.17, 15) is 14.9 Å². The van der Waals surface area contributed by atoms with Gasteiger partial charge in [0.2, 0.25) is 5.91 Å². The molecule has 3 aromatic rings. The predicted octanol–water partition coefficient (Wildman–Crippen LogP) is 3.78. The second-order valence-electron chi connectivity index (χ2n) is 5.61. The van der Waals surface area contributed by atoms with Crippen LogP contribution in [0.5, 0.6) is 0 Å². The second kappa shape index (κ2) is 7.92. The van der Waals surface area contributed by atoms with Crippen LogP contribution in [0.15, 0.2) is 65.3 Å². The quantitative estimate of drug-likeness (QED) is 0.490. The van der Waals surface area contributed by atoms with Crippen LogP contribution in [0.25, 0.3) is 0 Å². The van der Waals surface area contributed by atoms with Crippen LogP contribution in [0.3, 0.4) is 0 Å². The van der Waals surface area contributed by atoms with Crippen molar-refractivity contribution in [2.24, 2.45) is 0 Å². The highest BCUT2D eigenvalue weighted by Crippen LogP contribution is 2.19. The van der Waals surface area contributed by atoms with Gasteiger partial charge in [-0.1, -0.05) is 46.3 Å². The van der Waals surface area contributed by atoms with E-state index in [1.807, 2.05) is 24.3 Å². The maximum absolute atomic E-state index is 12.3. The van der Waals surface area contributed by atoms with E-state index in [0.29, 0.717) is 17.9 Å². The molecule has 1 N–H and O–H groups in total. The van der Waals surface area contributed by atoms with Crippen LogP contribution >= 0.6 is 15.9 Å². The van der Waals surface area contributed by atoms with Crippen molar-refractivity contribution in [3.63, 3.8) is 0 Å². The van der Waals surface area contributed by atoms with Crippen LogP contribution in [0.1, 0.15) is 11.1 Å². The molecule has 0 bridgehead atoms. The number of anilines is 1. The number of nitrogens with zero attached hydrogens (tertiary/aromatic N) is 3. The molecule has 0 aliphatic heterocycles. The number of nitrogens with one attached hydrogen (secondary N) is 1. The molecule has 132 valence electrons. The Balaban J connectivity index is 1.71. The van der Waals surface area contributed by atoms with E-state index in [1.165, 1.54) is 6.07 Å². The highest BCUT2D eigenvalue weighted by atomic mass is 79.9. The average molecular weight is 415 g/mol. The number of halogens is 1. The summed E-state index contributed by atoms with van der Waals surface area (Å²) in [6.07, 6.45) is 1.51. The monoisotopic (exact) mass is 414 g/mol. The van der Waals surface area contributed by atoms with Crippen molar-refractivity contribution < 1.29 is 9.72 Å². The lowest BCUT2D eigenvalue weighted by atomic mass is 10.1. The molecule has 8 heteroatoms. The van der Waals surface area contributed by atoms with Crippen molar-refractivity contribution in [2.45, 2.75) is 13.0 Å². The molecule has 0 saturated heterocycles. The first kappa shape index (κ1) is 17.8. The van der Waals surface area contributed by atoms with Gasteiger partial charge in [0.1, 0.15) is 5.82 Å². The number of carbonyl (C=O) groups excluding carboxylic acids is 1. The fraction of sp³-hybridized carbons (Fsp3) is 0.111. The Bertz CT molecular complexity index is 955. The summed E-state index contributed by atoms with van der Waals surface area (Å²) in [5.41, 5.74) is 1.33. The SMILES string of the molecule is O=C(Cc1ccccc1[N+](=O)[O-])Nc1ccnn1Cc1cccc(Br)c1. The third-order valence-electron chi connectivity index (χ3n) is 3.74. The lowest BCUT2D eigenvalue weighted by Gasteiger charge is -2.10. The number of hydrogen-bond acceptors (Lipinski definition) is 4. The minimum absolute atomic E-state index is 0.0645. The fourth-order valence-electron chi connectivity index (χ4n) is 2.57. The first-order valence-corrected chi connectivity index (χ1v) is 8.60. The van der Waals surface area contributed by atoms with Gasteiger partial charge in [0.05, 0.1) is 24.1 Å². The van der Waals surface area contributed by atoms with Crippen LogP contribution in [0.4, 0.5) is 11.5 Å². The number of carbonyl (C=O) groups is 1. The molecule has 0 aliphatic carbocycles. The molecule has 7 nitrogen and oxygen atoms in total. The molecule has 1 heterocycles. The second-order valence-corrected chi connectivity index (χ2v) is 6.53. The Morgan fingerprint density at radius 2 is 2.00 bits per heavy atom. The number of hydrogen-bond donors (Lipinski definition) is 1. The van der Waals surface area contributed by atoms with Gasteiger partial charge in [-0.3, -0.25) is 14.9 Å². The van der Waals surface area contributed by atoms with Crippen LogP contribution in [0.2, 0.25) is 0 Å². The van der Waals surface area contributed by atoms with Gasteiger partial charge >= 0.3 is 0 Å². The van der Waals surface area contributed by atoms with E-state index < -0.39 is 4.92 Å². The smallest absolute Gasteiger partial charge is 0.273 e. The van der Waals surface area contributed by atoms with Gasteiger partial charge in [-0.2, -0.15) is 5.10 Å². The molecular formula is C18H15BrN4O3. The molecule has 0 saturated carbocycles. The number of aromatic nitrogens is 2. The molecule has 0 spiro atoms. The van der Waals surface area contributed by atoms with Gasteiger partial charge in [0.25, 0.3) is 5.69 Å². The molecule has 0 unspecified atom stereocenters. The van der Waals surface area contributed by atoms with E-state index in [-0.39, 0.29) is 18.0 Å². The number of nitro benzene ring substituents is 1. The molecule has 0 aliphatic rings. The molecule has 0 radical (unpaired) electrons. The van der Waals surface area contributed by atoms with Crippen molar-refractivity contribution in [3.8, 4) is 0 Å². The Kier molecular flexibility index (Phi) is 5.43. The average Bonchev–Trinajstić information content (AvgIpc) is 3.01. The normalized spacial score (nSPS) is 10.5. The van der Waals surface area contributed by atoms with E-state index >= 15 is 0 Å². The van der Waals surface area contributed by atoms with Crippen molar-refractivity contribution in [2.75, 3.05) is 5.32 Å². The van der Waals surface area contributed by atoms with Gasteiger partial charge < -0.3 is 5.32 Å². The van der Waals surface area contributed by atoms with Crippen LogP contribution in [0, 0.1) is 10.1 Å². The summed E-state index contributed by atoms with van der Waals surface area (Å²) >= 11 is 3.43. The minimum atomic E-state index is -0.486. The number of rotatable bonds is 6. The van der Waals surface area contributed by atoms with Crippen molar-refractivity contribution in [1.82, 2.24) is 9.78 Å². The third-order valence-corrected chi connectivity index (χ3v) is 4.24. The Labute approximate surface area is 157 Å². The maximum atomic E-state index is 12.3. The Hall–Kier alpha value is -3.00. The highest BCUT2D eigenvalue weighted by Gasteiger charge is 2.16. The topological polar surface area (TPSA) is 90.1 Å². The number of amides is 1. The van der Waals surface area contributed by atoms with Crippen molar-refractivity contribution in [1.29, 1.82) is 0 Å². The van der Waals surface area contributed by atoms with E-state index in [1.54, 1.807) is 35.1 Å². The van der Waals surface area contributed by atoms with E-state index in [2.05, 4.69) is 26.3 Å². The van der Waals surface area contributed by atoms with Crippen molar-refractivity contribution >= 4 is 33.3 Å². The van der Waals surface area contributed by atoms with Gasteiger partial charge in [-0.15, -0.1) is 0 Å². The van der Waals surface area contributed by atoms with Gasteiger partial charge in [-0.05, 0) is 17.7 Å². The van der Waals surface area contributed by atoms with Gasteiger partial charge in [0, 0.05) is 22.2 Å². The number of nitro groups is 1. The third kappa shape index (κ3) is 4.34. The summed E-state index contributed by atoms with van der Waals surface area (Å²) in [5, 5.41) is 18.1. The first-order chi connectivity index (χ1) is 12.5. The Morgan fingerprint density at radius 1 is 1.19 bits per heavy atom. The molecule has 26 heavy (non-hydrogen) atoms. The summed E-state index contributed by atoms with van der Waals surface area (Å²) in [6.45, 7) is 0.494. The van der Waals surface area contributed by atoms with E-state index in [0.717, 1.165) is 10.0 Å². The fourth-order valence-corrected chi connectivity index (χ4v) is 3.02. The lowest BCUT2D eigenvalue weighted by Crippen LogP contribution is -2.18. The van der Waals surface area contributed by atoms with Gasteiger partial charge in [-0.25, -0.2) is 4.68 Å². The number of benzene rings is 2. The first-order valence-electron chi connectivity index (χ1n) is 7.81. The highest BCUT2D eigenvalue weighted by molar-refractivity contribution is 9.10. The van der Waals surface area contributed by atoms with Crippen LogP contribution in [-0.4, -0.2) is 20.6 Å². The maximum Gasteiger partial charge on any atom is 0.273 e. The summed E-state index contributed by atoms with van der Waals surface area (Å²) < 4.78 is 2.63. The molecule has 3 rings (SSSR count). The molecule has 1 amide bonds. The van der Waals surface area contributed by atoms with Crippen LogP contribution in [-0.2, 0) is 17.8 Å². The molecule has 1 aromatic heterocycles. The standard InChI is InChI=1S/C18H15BrN4O3/c19-15-6-3-4-13(10-15)12-22-17(8-9-20-22)21-18(24)11-14-5-1-2-7-16(14)23(25)26/h1-10H,11-12H2,(H,21,24). The summed E-state index contributed by atoms with van der Waals surface area (Å²) in [6, 6.07) is 15.7. The number of para-hydroxylation sites is 1. The van der Waals surface area contributed by atoms with Crippen molar-refractivity contribution in [3.05, 3.63) is 86.5 Å². The van der Waals surface area contributed by atoms with Gasteiger partial charge in [0.15, 0.2) is 0 Å². The van der Waals surface area contributed by atoms with E-state index in [4.69, 9.17) is 0 Å². The Morgan fingerprint density at radius 3 is 2.77 bits per heavy atom. The largest absolute Gasteiger partial charge is 0.311 e. The molecule has 0 fully saturated rings. The molecule has 2 aromatic carbocycles. The lowest BCUT2D eigenvalue weighted by molar-refractivity contribution is -0.385. The zero-order valence-corrected chi connectivity index (χ0v) is 15.2. The summed E-state index contributed by atoms with van der Waals surface area (Å²) in [5.74, 6) is 0.198. The molecule has 0 atom stereocenters. The summed E-state index contributed by atoms with van der Waals surface area (Å²) in [7, 11) is 0. The molecular weight excluding hydrogens is 400 g/mol. The zero-order valence-electron chi connectivity index (χ0n) is 13.6. The predicted molar refractivity (Wildman–Crippen MR) is 101 cm³/mol. The minimum Gasteiger partial charge on any atom is -0.311 e.